The first-order valence-electron chi connectivity index (χ1n) is 12.5. The number of fused-ring (bicyclic) bond motifs is 1. The Balaban J connectivity index is 1.50. The lowest BCUT2D eigenvalue weighted by molar-refractivity contribution is 0.163. The number of ether oxygens (including phenoxy) is 1. The van der Waals surface area contributed by atoms with Crippen molar-refractivity contribution >= 4 is 22.2 Å². The molecule has 5 rings (SSSR count). The highest BCUT2D eigenvalue weighted by Gasteiger charge is 2.26. The molecule has 0 bridgehead atoms. The third-order valence-electron chi connectivity index (χ3n) is 6.38. The van der Waals surface area contributed by atoms with Crippen LogP contribution in [0.4, 0.5) is 0 Å². The minimum atomic E-state index is -0.0911. The smallest absolute Gasteiger partial charge is 0.252 e. The van der Waals surface area contributed by atoms with E-state index in [1.807, 2.05) is 54.1 Å². The molecule has 5 aromatic rings. The third-order valence-corrected chi connectivity index (χ3v) is 7.24. The molecule has 3 aromatic heterocycles. The van der Waals surface area contributed by atoms with E-state index >= 15 is 0 Å². The fourth-order valence-corrected chi connectivity index (χ4v) is 5.35. The highest BCUT2D eigenvalue weighted by molar-refractivity contribution is 7.09. The second kappa shape index (κ2) is 11.5. The summed E-state index contributed by atoms with van der Waals surface area (Å²) in [5.41, 5.74) is 2.53. The average Bonchev–Trinajstić information content (AvgIpc) is 3.58. The highest BCUT2D eigenvalue weighted by atomic mass is 32.1. The molecule has 0 unspecified atom stereocenters. The van der Waals surface area contributed by atoms with E-state index < -0.39 is 0 Å². The van der Waals surface area contributed by atoms with Crippen molar-refractivity contribution in [3.05, 3.63) is 104 Å². The van der Waals surface area contributed by atoms with Crippen LogP contribution in [0.3, 0.4) is 0 Å². The summed E-state index contributed by atoms with van der Waals surface area (Å²) < 4.78 is 7.54. The zero-order valence-corrected chi connectivity index (χ0v) is 21.8. The van der Waals surface area contributed by atoms with Crippen LogP contribution < -0.4 is 10.3 Å². The van der Waals surface area contributed by atoms with Gasteiger partial charge in [0.25, 0.3) is 5.56 Å². The first-order valence-corrected chi connectivity index (χ1v) is 13.4. The largest absolute Gasteiger partial charge is 0.494 e. The van der Waals surface area contributed by atoms with Gasteiger partial charge in [0.1, 0.15) is 5.75 Å². The van der Waals surface area contributed by atoms with E-state index in [1.165, 1.54) is 4.88 Å². The van der Waals surface area contributed by atoms with Gasteiger partial charge in [-0.3, -0.25) is 9.69 Å². The average molecular weight is 515 g/mol. The highest BCUT2D eigenvalue weighted by Crippen LogP contribution is 2.28. The van der Waals surface area contributed by atoms with Crippen molar-refractivity contribution in [2.45, 2.75) is 45.9 Å². The Labute approximate surface area is 219 Å². The number of aromatic nitrogens is 5. The quantitative estimate of drug-likeness (QED) is 0.261. The molecule has 37 heavy (non-hydrogen) atoms. The predicted octanol–water partition coefficient (Wildman–Crippen LogP) is 5.18. The Bertz CT molecular complexity index is 1500. The summed E-state index contributed by atoms with van der Waals surface area (Å²) in [6.45, 7) is 6.41. The Morgan fingerprint density at radius 3 is 2.68 bits per heavy atom. The molecule has 3 heterocycles. The summed E-state index contributed by atoms with van der Waals surface area (Å²) in [5, 5.41) is 15.8. The van der Waals surface area contributed by atoms with Gasteiger partial charge in [-0.25, -0.2) is 4.68 Å². The molecule has 1 atom stereocenters. The van der Waals surface area contributed by atoms with E-state index in [-0.39, 0.29) is 11.6 Å². The maximum Gasteiger partial charge on any atom is 0.252 e. The van der Waals surface area contributed by atoms with E-state index in [2.05, 4.69) is 62.0 Å². The molecule has 0 radical (unpaired) electrons. The number of thiophene rings is 1. The van der Waals surface area contributed by atoms with Crippen LogP contribution >= 0.6 is 11.3 Å². The van der Waals surface area contributed by atoms with Crippen molar-refractivity contribution in [3.63, 3.8) is 0 Å². The summed E-state index contributed by atoms with van der Waals surface area (Å²) in [6.07, 6.45) is 0.792. The second-order valence-corrected chi connectivity index (χ2v) is 9.93. The number of hydrogen-bond acceptors (Lipinski definition) is 7. The molecule has 190 valence electrons. The molecule has 0 aliphatic carbocycles. The van der Waals surface area contributed by atoms with E-state index in [0.29, 0.717) is 31.8 Å². The first-order chi connectivity index (χ1) is 18.1. The second-order valence-electron chi connectivity index (χ2n) is 8.89. The maximum absolute atomic E-state index is 13.1. The Hall–Kier alpha value is -3.82. The molecule has 2 aromatic carbocycles. The lowest BCUT2D eigenvalue weighted by Crippen LogP contribution is -2.32. The van der Waals surface area contributed by atoms with E-state index in [4.69, 9.17) is 4.74 Å². The summed E-state index contributed by atoms with van der Waals surface area (Å²) in [6, 6.07) is 22.0. The molecule has 0 amide bonds. The number of benzene rings is 2. The van der Waals surface area contributed by atoms with Crippen LogP contribution in [0.2, 0.25) is 0 Å². The normalized spacial score (nSPS) is 12.3. The number of nitrogens with one attached hydrogen (secondary N) is 1. The summed E-state index contributed by atoms with van der Waals surface area (Å²) >= 11 is 1.71. The van der Waals surface area contributed by atoms with E-state index in [1.54, 1.807) is 11.3 Å². The number of H-pyrrole nitrogens is 1. The van der Waals surface area contributed by atoms with Gasteiger partial charge >= 0.3 is 0 Å². The van der Waals surface area contributed by atoms with Gasteiger partial charge in [-0.15, -0.1) is 16.4 Å². The Kier molecular flexibility index (Phi) is 7.72. The number of nitrogens with zero attached hydrogens (tertiary/aromatic N) is 5. The summed E-state index contributed by atoms with van der Waals surface area (Å²) in [4.78, 5) is 19.7. The van der Waals surface area contributed by atoms with Gasteiger partial charge in [0.05, 0.1) is 19.2 Å². The molecule has 8 nitrogen and oxygen atoms in total. The monoisotopic (exact) mass is 514 g/mol. The van der Waals surface area contributed by atoms with Gasteiger partial charge < -0.3 is 9.72 Å². The van der Waals surface area contributed by atoms with Crippen LogP contribution in [0.5, 0.6) is 5.75 Å². The number of hydrogen-bond donors (Lipinski definition) is 1. The van der Waals surface area contributed by atoms with Crippen molar-refractivity contribution in [2.75, 3.05) is 6.61 Å². The summed E-state index contributed by atoms with van der Waals surface area (Å²) in [5.74, 6) is 1.58. The van der Waals surface area contributed by atoms with Gasteiger partial charge in [-0.1, -0.05) is 43.3 Å². The van der Waals surface area contributed by atoms with Crippen molar-refractivity contribution < 1.29 is 4.74 Å². The minimum absolute atomic E-state index is 0.0781. The SMILES string of the molecule is CCOc1ccc2[nH]c(=O)c(CN(Cc3cccs3)[C@@H](CC)c3nnnn3Cc3ccccc3)cc2c1. The number of aromatic amines is 1. The molecule has 0 saturated carbocycles. The van der Waals surface area contributed by atoms with Crippen LogP contribution in [0, 0.1) is 0 Å². The van der Waals surface area contributed by atoms with Crippen molar-refractivity contribution in [2.24, 2.45) is 0 Å². The van der Waals surface area contributed by atoms with Crippen LogP contribution in [0.1, 0.15) is 48.1 Å². The van der Waals surface area contributed by atoms with Gasteiger partial charge in [0.2, 0.25) is 0 Å². The van der Waals surface area contributed by atoms with Crippen molar-refractivity contribution in [3.8, 4) is 5.75 Å². The number of pyridine rings is 1. The van der Waals surface area contributed by atoms with E-state index in [9.17, 15) is 4.79 Å². The van der Waals surface area contributed by atoms with Crippen LogP contribution in [0.25, 0.3) is 10.9 Å². The maximum atomic E-state index is 13.1. The topological polar surface area (TPSA) is 88.9 Å². The van der Waals surface area contributed by atoms with Crippen molar-refractivity contribution in [1.82, 2.24) is 30.1 Å². The molecule has 0 aliphatic rings. The first kappa shape index (κ1) is 24.9. The molecule has 0 spiro atoms. The number of tetrazole rings is 1. The van der Waals surface area contributed by atoms with Gasteiger partial charge in [0.15, 0.2) is 5.82 Å². The standard InChI is InChI=1S/C28H30N6O2S/c1-3-26(27-30-31-32-34(27)17-20-9-6-5-7-10-20)33(19-24-11-8-14-37-24)18-22-15-21-16-23(36-4-2)12-13-25(21)29-28(22)35/h5-16,26H,3-4,17-19H2,1-2H3,(H,29,35)/t26-/m0/s1. The fraction of sp³-hybridized carbons (Fsp3) is 0.286. The molecule has 0 aliphatic heterocycles. The third kappa shape index (κ3) is 5.79. The molecular formula is C28H30N6O2S. The fourth-order valence-electron chi connectivity index (χ4n) is 4.62. The Morgan fingerprint density at radius 2 is 1.92 bits per heavy atom. The zero-order valence-electron chi connectivity index (χ0n) is 21.0. The van der Waals surface area contributed by atoms with Crippen LogP contribution in [-0.2, 0) is 19.6 Å². The minimum Gasteiger partial charge on any atom is -0.494 e. The van der Waals surface area contributed by atoms with Crippen LogP contribution in [-0.4, -0.2) is 36.7 Å². The number of rotatable bonds is 11. The van der Waals surface area contributed by atoms with Gasteiger partial charge in [0, 0.05) is 34.4 Å². The van der Waals surface area contributed by atoms with Gasteiger partial charge in [-0.2, -0.15) is 0 Å². The molecular weight excluding hydrogens is 484 g/mol. The molecule has 0 fully saturated rings. The lowest BCUT2D eigenvalue weighted by atomic mass is 10.1. The van der Waals surface area contributed by atoms with Gasteiger partial charge in [-0.05, 0) is 65.0 Å². The zero-order chi connectivity index (χ0) is 25.6. The van der Waals surface area contributed by atoms with Crippen molar-refractivity contribution in [1.29, 1.82) is 0 Å². The lowest BCUT2D eigenvalue weighted by Gasteiger charge is -2.30. The molecule has 9 heteroatoms. The predicted molar refractivity (Wildman–Crippen MR) is 146 cm³/mol. The summed E-state index contributed by atoms with van der Waals surface area (Å²) in [7, 11) is 0. The Morgan fingerprint density at radius 1 is 1.05 bits per heavy atom. The van der Waals surface area contributed by atoms with Crippen LogP contribution in [0.15, 0.2) is 76.9 Å². The van der Waals surface area contributed by atoms with E-state index in [0.717, 1.165) is 34.5 Å². The molecule has 0 saturated heterocycles. The molecule has 1 N–H and O–H groups in total.